The lowest BCUT2D eigenvalue weighted by molar-refractivity contribution is -0.141. The third kappa shape index (κ3) is 8.69. The van der Waals surface area contributed by atoms with Gasteiger partial charge in [0.05, 0.1) is 31.6 Å². The summed E-state index contributed by atoms with van der Waals surface area (Å²) in [5.41, 5.74) is -0.246. The Balaban J connectivity index is 2.01. The van der Waals surface area contributed by atoms with Gasteiger partial charge in [-0.3, -0.25) is 4.84 Å². The summed E-state index contributed by atoms with van der Waals surface area (Å²) in [6.45, 7) is 16.9. The van der Waals surface area contributed by atoms with Crippen molar-refractivity contribution >= 4 is 34.3 Å². The average Bonchev–Trinajstić information content (AvgIpc) is 2.89. The van der Waals surface area contributed by atoms with Crippen molar-refractivity contribution < 1.29 is 33.4 Å². The van der Waals surface area contributed by atoms with E-state index in [2.05, 4.69) is 15.5 Å². The van der Waals surface area contributed by atoms with Crippen molar-refractivity contribution in [2.24, 2.45) is 0 Å². The number of carbonyl (C=O) groups excluding carboxylic acids is 2. The number of rotatable bonds is 10. The Labute approximate surface area is 247 Å². The molecule has 3 aromatic rings. The fraction of sp³-hybridized carbons (Fsp3) is 0.484. The zero-order chi connectivity index (χ0) is 31.2. The molecule has 0 aliphatic carbocycles. The zero-order valence-corrected chi connectivity index (χ0v) is 26.1. The van der Waals surface area contributed by atoms with Crippen LogP contribution in [-0.4, -0.2) is 53.3 Å². The lowest BCUT2D eigenvalue weighted by Gasteiger charge is -2.31. The Morgan fingerprint density at radius 2 is 1.69 bits per heavy atom. The second-order valence-corrected chi connectivity index (χ2v) is 11.9. The predicted octanol–water partition coefficient (Wildman–Crippen LogP) is 6.61. The van der Waals surface area contributed by atoms with Crippen molar-refractivity contribution in [1.82, 2.24) is 10.2 Å². The van der Waals surface area contributed by atoms with Gasteiger partial charge in [0.2, 0.25) is 0 Å². The van der Waals surface area contributed by atoms with Crippen LogP contribution in [0.4, 0.5) is 16.3 Å². The van der Waals surface area contributed by atoms with E-state index in [1.165, 1.54) is 7.11 Å². The molecule has 1 N–H and O–H groups in total. The molecule has 42 heavy (non-hydrogen) atoms. The molecule has 1 aromatic heterocycles. The van der Waals surface area contributed by atoms with Crippen molar-refractivity contribution in [2.75, 3.05) is 24.1 Å². The molecule has 1 amide bonds. The molecule has 1 atom stereocenters. The van der Waals surface area contributed by atoms with Crippen LogP contribution >= 0.6 is 0 Å². The van der Waals surface area contributed by atoms with Crippen LogP contribution in [0, 0.1) is 0 Å². The van der Waals surface area contributed by atoms with Gasteiger partial charge in [0, 0.05) is 16.5 Å². The van der Waals surface area contributed by atoms with Crippen molar-refractivity contribution in [1.29, 1.82) is 0 Å². The van der Waals surface area contributed by atoms with Crippen molar-refractivity contribution in [3.63, 3.8) is 0 Å². The standard InChI is InChI=1S/C31H42N4O7/c1-11-39-25-17-20(12-15-24(25)40-19(2)3)26(28(36)38-10)33-22-13-14-23-21(16-22)18-32-34-27(23)35(42-31(7,8)9)29(37)41-30(4,5)6/h12-19,26,33H,11H2,1-10H3. The molecule has 1 unspecified atom stereocenters. The number of hydroxylamine groups is 1. The van der Waals surface area contributed by atoms with Crippen molar-refractivity contribution in [3.05, 3.63) is 48.2 Å². The topological polar surface area (TPSA) is 121 Å². The van der Waals surface area contributed by atoms with Crippen LogP contribution in [0.5, 0.6) is 11.5 Å². The predicted molar refractivity (Wildman–Crippen MR) is 161 cm³/mol. The van der Waals surface area contributed by atoms with E-state index in [9.17, 15) is 9.59 Å². The number of anilines is 2. The SMILES string of the molecule is CCOc1cc(C(Nc2ccc3c(N(OC(C)(C)C)C(=O)OC(C)(C)C)nncc3c2)C(=O)OC)ccc1OC(C)C. The van der Waals surface area contributed by atoms with Crippen molar-refractivity contribution in [3.8, 4) is 11.5 Å². The average molecular weight is 583 g/mol. The van der Waals surface area contributed by atoms with E-state index in [0.717, 1.165) is 5.06 Å². The lowest BCUT2D eigenvalue weighted by atomic mass is 10.0. The van der Waals surface area contributed by atoms with Gasteiger partial charge >= 0.3 is 12.1 Å². The minimum Gasteiger partial charge on any atom is -0.490 e. The Morgan fingerprint density at radius 3 is 2.29 bits per heavy atom. The number of ether oxygens (including phenoxy) is 4. The van der Waals surface area contributed by atoms with Crippen LogP contribution in [-0.2, 0) is 19.1 Å². The molecular formula is C31H42N4O7. The highest BCUT2D eigenvalue weighted by Crippen LogP contribution is 2.34. The third-order valence-electron chi connectivity index (χ3n) is 5.47. The van der Waals surface area contributed by atoms with E-state index in [4.69, 9.17) is 23.8 Å². The van der Waals surface area contributed by atoms with Crippen LogP contribution in [0.2, 0.25) is 0 Å². The molecule has 3 rings (SSSR count). The lowest BCUT2D eigenvalue weighted by Crippen LogP contribution is -2.42. The highest BCUT2D eigenvalue weighted by molar-refractivity contribution is 5.99. The van der Waals surface area contributed by atoms with Gasteiger partial charge in [0.15, 0.2) is 23.4 Å². The smallest absolute Gasteiger partial charge is 0.440 e. The first kappa shape index (κ1) is 32.4. The largest absolute Gasteiger partial charge is 0.490 e. The van der Waals surface area contributed by atoms with E-state index in [0.29, 0.717) is 40.1 Å². The van der Waals surface area contributed by atoms with Crippen LogP contribution < -0.4 is 19.9 Å². The Bertz CT molecular complexity index is 1400. The number of esters is 1. The molecule has 0 radical (unpaired) electrons. The number of aromatic nitrogens is 2. The van der Waals surface area contributed by atoms with Crippen molar-refractivity contribution in [2.45, 2.75) is 85.7 Å². The summed E-state index contributed by atoms with van der Waals surface area (Å²) in [7, 11) is 1.33. The summed E-state index contributed by atoms with van der Waals surface area (Å²) < 4.78 is 22.4. The number of nitrogens with zero attached hydrogens (tertiary/aromatic N) is 3. The van der Waals surface area contributed by atoms with E-state index in [1.54, 1.807) is 63.4 Å². The van der Waals surface area contributed by atoms with Gasteiger partial charge < -0.3 is 24.3 Å². The summed E-state index contributed by atoms with van der Waals surface area (Å²) in [6, 6.07) is 9.83. The summed E-state index contributed by atoms with van der Waals surface area (Å²) in [6.07, 6.45) is 0.796. The van der Waals surface area contributed by atoms with Crippen LogP contribution in [0.1, 0.15) is 73.9 Å². The van der Waals surface area contributed by atoms with Gasteiger partial charge in [-0.2, -0.15) is 5.10 Å². The minimum absolute atomic E-state index is 0.0461. The van der Waals surface area contributed by atoms with Gasteiger partial charge in [-0.05, 0) is 98.2 Å². The third-order valence-corrected chi connectivity index (χ3v) is 5.47. The fourth-order valence-corrected chi connectivity index (χ4v) is 3.94. The van der Waals surface area contributed by atoms with E-state index in [-0.39, 0.29) is 11.9 Å². The number of benzene rings is 2. The molecule has 0 saturated heterocycles. The number of carbonyl (C=O) groups is 2. The molecule has 11 heteroatoms. The maximum absolute atomic E-state index is 13.1. The molecule has 0 saturated carbocycles. The highest BCUT2D eigenvalue weighted by Gasteiger charge is 2.31. The van der Waals surface area contributed by atoms with Crippen LogP contribution in [0.15, 0.2) is 42.6 Å². The van der Waals surface area contributed by atoms with Crippen LogP contribution in [0.3, 0.4) is 0 Å². The monoisotopic (exact) mass is 582 g/mol. The molecule has 0 aliphatic rings. The molecule has 0 fully saturated rings. The van der Waals surface area contributed by atoms with E-state index >= 15 is 0 Å². The molecule has 0 bridgehead atoms. The summed E-state index contributed by atoms with van der Waals surface area (Å²) in [5, 5.41) is 13.8. The van der Waals surface area contributed by atoms with Gasteiger partial charge in [0.1, 0.15) is 5.60 Å². The maximum atomic E-state index is 13.1. The number of methoxy groups -OCH3 is 1. The number of hydrogen-bond acceptors (Lipinski definition) is 10. The van der Waals surface area contributed by atoms with E-state index < -0.39 is 29.3 Å². The fourth-order valence-electron chi connectivity index (χ4n) is 3.94. The first-order valence-corrected chi connectivity index (χ1v) is 13.9. The Kier molecular flexibility index (Phi) is 10.2. The maximum Gasteiger partial charge on any atom is 0.440 e. The second-order valence-electron chi connectivity index (χ2n) is 11.9. The first-order chi connectivity index (χ1) is 19.6. The summed E-state index contributed by atoms with van der Waals surface area (Å²) in [4.78, 5) is 32.0. The molecule has 2 aromatic carbocycles. The minimum atomic E-state index is -0.850. The zero-order valence-electron chi connectivity index (χ0n) is 26.1. The molecule has 0 spiro atoms. The van der Waals surface area contributed by atoms with Gasteiger partial charge in [-0.1, -0.05) is 6.07 Å². The van der Waals surface area contributed by atoms with Gasteiger partial charge in [0.25, 0.3) is 0 Å². The highest BCUT2D eigenvalue weighted by atomic mass is 16.7. The Hall–Kier alpha value is -4.12. The quantitative estimate of drug-likeness (QED) is 0.206. The number of amides is 1. The number of nitrogens with one attached hydrogen (secondary N) is 1. The molecule has 11 nitrogen and oxygen atoms in total. The van der Waals surface area contributed by atoms with Gasteiger partial charge in [-0.25, -0.2) is 9.59 Å². The molecule has 0 aliphatic heterocycles. The first-order valence-electron chi connectivity index (χ1n) is 13.9. The summed E-state index contributed by atoms with van der Waals surface area (Å²) >= 11 is 0. The normalized spacial score (nSPS) is 12.5. The Morgan fingerprint density at radius 1 is 0.976 bits per heavy atom. The molecule has 1 heterocycles. The van der Waals surface area contributed by atoms with Crippen LogP contribution in [0.25, 0.3) is 10.8 Å². The summed E-state index contributed by atoms with van der Waals surface area (Å²) in [5.74, 6) is 0.801. The van der Waals surface area contributed by atoms with Gasteiger partial charge in [-0.15, -0.1) is 10.2 Å². The second kappa shape index (κ2) is 13.2. The number of fused-ring (bicyclic) bond motifs is 1. The number of hydrogen-bond donors (Lipinski definition) is 1. The molecular weight excluding hydrogens is 540 g/mol. The van der Waals surface area contributed by atoms with E-state index in [1.807, 2.05) is 41.5 Å². The molecule has 228 valence electrons.